The number of rotatable bonds is 3. The van der Waals surface area contributed by atoms with Crippen LogP contribution in [0.2, 0.25) is 0 Å². The Morgan fingerprint density at radius 2 is 2.00 bits per heavy atom. The Bertz CT molecular complexity index is 604. The fourth-order valence-corrected chi connectivity index (χ4v) is 2.39. The van der Waals surface area contributed by atoms with Crippen molar-refractivity contribution in [3.8, 4) is 5.75 Å². The minimum absolute atomic E-state index is 0.351. The first-order chi connectivity index (χ1) is 9.61. The molecule has 0 aliphatic carbocycles. The third kappa shape index (κ3) is 2.37. The molecule has 1 aliphatic heterocycles. The number of hydrogen-bond donors (Lipinski definition) is 1. The van der Waals surface area contributed by atoms with Gasteiger partial charge in [0.2, 0.25) is 0 Å². The molecule has 0 spiro atoms. The normalized spacial score (nSPS) is 17.2. The largest absolute Gasteiger partial charge is 0.480 e. The summed E-state index contributed by atoms with van der Waals surface area (Å²) in [6, 6.07) is 5.55. The molecule has 21 heavy (non-hydrogen) atoms. The van der Waals surface area contributed by atoms with Crippen LogP contribution in [-0.2, 0) is 16.0 Å². The van der Waals surface area contributed by atoms with E-state index in [0.29, 0.717) is 11.4 Å². The number of carboxylic acids is 1. The van der Waals surface area contributed by atoms with Gasteiger partial charge in [0.25, 0.3) is 5.91 Å². The summed E-state index contributed by atoms with van der Waals surface area (Å²) in [4.78, 5) is 25.6. The summed E-state index contributed by atoms with van der Waals surface area (Å²) in [5, 5.41) is 9.50. The van der Waals surface area contributed by atoms with Crippen LogP contribution in [0.4, 0.5) is 5.69 Å². The second-order valence-corrected chi connectivity index (χ2v) is 6.27. The molecule has 5 nitrogen and oxygen atoms in total. The van der Waals surface area contributed by atoms with E-state index in [1.54, 1.807) is 19.9 Å². The molecule has 1 amide bonds. The molecule has 1 aliphatic rings. The molecule has 1 aromatic carbocycles. The number of nitrogens with zero attached hydrogens (tertiary/aromatic N) is 1. The highest BCUT2D eigenvalue weighted by atomic mass is 16.5. The van der Waals surface area contributed by atoms with Gasteiger partial charge in [0, 0.05) is 0 Å². The van der Waals surface area contributed by atoms with E-state index in [1.807, 2.05) is 19.1 Å². The van der Waals surface area contributed by atoms with E-state index in [9.17, 15) is 14.7 Å². The molecule has 1 heterocycles. The maximum Gasteiger partial charge on any atom is 0.329 e. The molecule has 0 bridgehead atoms. The fraction of sp³-hybridized carbons (Fsp3) is 0.500. The number of carbonyl (C=O) groups is 2. The smallest absolute Gasteiger partial charge is 0.329 e. The molecule has 114 valence electrons. The first-order valence-electron chi connectivity index (χ1n) is 7.01. The summed E-state index contributed by atoms with van der Waals surface area (Å²) in [6.45, 7) is 8.35. The Balaban J connectivity index is 2.68. The van der Waals surface area contributed by atoms with Gasteiger partial charge in [-0.05, 0) is 51.8 Å². The second-order valence-electron chi connectivity index (χ2n) is 6.27. The fourth-order valence-electron chi connectivity index (χ4n) is 2.39. The minimum atomic E-state index is -1.35. The number of aryl methyl sites for hydroxylation is 1. The van der Waals surface area contributed by atoms with Gasteiger partial charge in [0.15, 0.2) is 5.60 Å². The molecular weight excluding hydrogens is 270 g/mol. The summed E-state index contributed by atoms with van der Waals surface area (Å²) in [5.41, 5.74) is -0.894. The van der Waals surface area contributed by atoms with Gasteiger partial charge < -0.3 is 9.84 Å². The van der Waals surface area contributed by atoms with E-state index in [2.05, 4.69) is 0 Å². The van der Waals surface area contributed by atoms with E-state index in [0.717, 1.165) is 12.0 Å². The average molecular weight is 291 g/mol. The Morgan fingerprint density at radius 1 is 1.38 bits per heavy atom. The monoisotopic (exact) mass is 291 g/mol. The van der Waals surface area contributed by atoms with Gasteiger partial charge in [-0.25, -0.2) is 4.79 Å². The van der Waals surface area contributed by atoms with Crippen molar-refractivity contribution < 1.29 is 19.4 Å². The van der Waals surface area contributed by atoms with E-state index < -0.39 is 17.1 Å². The van der Waals surface area contributed by atoms with Crippen LogP contribution in [0.25, 0.3) is 0 Å². The van der Waals surface area contributed by atoms with Crippen LogP contribution in [0.15, 0.2) is 18.2 Å². The molecular formula is C16H21NO4. The van der Waals surface area contributed by atoms with Crippen molar-refractivity contribution in [3.05, 3.63) is 23.8 Å². The molecule has 1 aromatic rings. The highest BCUT2D eigenvalue weighted by molar-refractivity contribution is 6.07. The number of carboxylic acid groups (broad SMARTS) is 1. The summed E-state index contributed by atoms with van der Waals surface area (Å²) >= 11 is 0. The van der Waals surface area contributed by atoms with Crippen molar-refractivity contribution in [1.82, 2.24) is 0 Å². The Hall–Kier alpha value is -2.04. The molecule has 5 heteroatoms. The molecule has 0 atom stereocenters. The summed E-state index contributed by atoms with van der Waals surface area (Å²) in [5.74, 6) is -0.872. The highest BCUT2D eigenvalue weighted by Crippen LogP contribution is 2.42. The molecule has 0 aromatic heterocycles. The minimum Gasteiger partial charge on any atom is -0.480 e. The Morgan fingerprint density at radius 3 is 2.52 bits per heavy atom. The SMILES string of the molecule is CCc1ccc2c(c1)N(C(C)(C)C(=O)O)C(=O)C(C)(C)O2. The number of carbonyl (C=O) groups excluding carboxylic acids is 1. The second kappa shape index (κ2) is 4.76. The van der Waals surface area contributed by atoms with Crippen molar-refractivity contribution in [2.75, 3.05) is 4.90 Å². The van der Waals surface area contributed by atoms with Gasteiger partial charge in [-0.1, -0.05) is 13.0 Å². The maximum absolute atomic E-state index is 12.7. The standard InChI is InChI=1S/C16H21NO4/c1-6-10-7-8-12-11(9-10)17(15(2,3)14(19)20)13(18)16(4,5)21-12/h7-9H,6H2,1-5H3,(H,19,20). The van der Waals surface area contributed by atoms with Crippen molar-refractivity contribution in [2.24, 2.45) is 0 Å². The van der Waals surface area contributed by atoms with Crippen LogP contribution in [0, 0.1) is 0 Å². The molecule has 0 unspecified atom stereocenters. The Kier molecular flexibility index (Phi) is 3.48. The number of benzene rings is 1. The summed E-state index contributed by atoms with van der Waals surface area (Å²) < 4.78 is 5.75. The predicted molar refractivity (Wildman–Crippen MR) is 79.7 cm³/mol. The first kappa shape index (κ1) is 15.4. The molecule has 2 rings (SSSR count). The highest BCUT2D eigenvalue weighted by Gasteiger charge is 2.49. The molecule has 0 fully saturated rings. The quantitative estimate of drug-likeness (QED) is 0.929. The molecule has 0 radical (unpaired) electrons. The number of fused-ring (bicyclic) bond motifs is 1. The van der Waals surface area contributed by atoms with Gasteiger partial charge in [-0.15, -0.1) is 0 Å². The van der Waals surface area contributed by atoms with Crippen LogP contribution >= 0.6 is 0 Å². The topological polar surface area (TPSA) is 66.8 Å². The maximum atomic E-state index is 12.7. The van der Waals surface area contributed by atoms with E-state index in [1.165, 1.54) is 18.7 Å². The number of aliphatic carboxylic acids is 1. The molecule has 0 saturated carbocycles. The number of anilines is 1. The molecule has 0 saturated heterocycles. The summed E-state index contributed by atoms with van der Waals surface area (Å²) in [6.07, 6.45) is 0.798. The lowest BCUT2D eigenvalue weighted by molar-refractivity contribution is -0.146. The van der Waals surface area contributed by atoms with Gasteiger partial charge in [-0.2, -0.15) is 0 Å². The lowest BCUT2D eigenvalue weighted by Gasteiger charge is -2.44. The third-order valence-electron chi connectivity index (χ3n) is 3.84. The van der Waals surface area contributed by atoms with Crippen molar-refractivity contribution in [3.63, 3.8) is 0 Å². The number of amides is 1. The predicted octanol–water partition coefficient (Wildman–Crippen LogP) is 2.62. The Labute approximate surface area is 124 Å². The van der Waals surface area contributed by atoms with Crippen molar-refractivity contribution in [2.45, 2.75) is 52.2 Å². The van der Waals surface area contributed by atoms with E-state index >= 15 is 0 Å². The van der Waals surface area contributed by atoms with Crippen molar-refractivity contribution >= 4 is 17.6 Å². The zero-order chi connectivity index (χ0) is 16.0. The van der Waals surface area contributed by atoms with Crippen LogP contribution < -0.4 is 9.64 Å². The lowest BCUT2D eigenvalue weighted by Crippen LogP contribution is -2.62. The van der Waals surface area contributed by atoms with Crippen LogP contribution in [0.5, 0.6) is 5.75 Å². The van der Waals surface area contributed by atoms with Gasteiger partial charge in [-0.3, -0.25) is 9.69 Å². The van der Waals surface area contributed by atoms with Crippen LogP contribution in [0.3, 0.4) is 0 Å². The average Bonchev–Trinajstić information content (AvgIpc) is 2.38. The zero-order valence-corrected chi connectivity index (χ0v) is 13.1. The van der Waals surface area contributed by atoms with Crippen molar-refractivity contribution in [1.29, 1.82) is 0 Å². The van der Waals surface area contributed by atoms with Gasteiger partial charge in [0.05, 0.1) is 5.69 Å². The van der Waals surface area contributed by atoms with Crippen LogP contribution in [0.1, 0.15) is 40.2 Å². The van der Waals surface area contributed by atoms with E-state index in [4.69, 9.17) is 4.74 Å². The zero-order valence-electron chi connectivity index (χ0n) is 13.1. The number of hydrogen-bond acceptors (Lipinski definition) is 3. The number of ether oxygens (including phenoxy) is 1. The summed E-state index contributed by atoms with van der Waals surface area (Å²) in [7, 11) is 0. The van der Waals surface area contributed by atoms with Crippen LogP contribution in [-0.4, -0.2) is 28.1 Å². The first-order valence-corrected chi connectivity index (χ1v) is 7.01. The van der Waals surface area contributed by atoms with Gasteiger partial charge >= 0.3 is 5.97 Å². The molecule has 1 N–H and O–H groups in total. The lowest BCUT2D eigenvalue weighted by atomic mass is 9.94. The van der Waals surface area contributed by atoms with Gasteiger partial charge in [0.1, 0.15) is 11.3 Å². The van der Waals surface area contributed by atoms with E-state index in [-0.39, 0.29) is 5.91 Å². The third-order valence-corrected chi connectivity index (χ3v) is 3.84.